The number of para-hydroxylation sites is 1. The number of carbonyl (C=O) groups is 2. The van der Waals surface area contributed by atoms with Crippen LogP contribution in [0.15, 0.2) is 84.9 Å². The maximum absolute atomic E-state index is 12.7. The van der Waals surface area contributed by atoms with Gasteiger partial charge in [-0.2, -0.15) is 0 Å². The second-order valence-electron chi connectivity index (χ2n) is 5.81. The Balaban J connectivity index is 1.96. The summed E-state index contributed by atoms with van der Waals surface area (Å²) in [5.41, 5.74) is 3.94. The molecule has 0 fully saturated rings. The molecule has 0 saturated carbocycles. The van der Waals surface area contributed by atoms with Gasteiger partial charge in [-0.05, 0) is 23.3 Å². The summed E-state index contributed by atoms with van der Waals surface area (Å²) in [5, 5.41) is 3.34. The van der Waals surface area contributed by atoms with Crippen LogP contribution in [-0.4, -0.2) is 11.6 Å². The molecule has 1 aliphatic carbocycles. The van der Waals surface area contributed by atoms with Gasteiger partial charge >= 0.3 is 0 Å². The van der Waals surface area contributed by atoms with Crippen LogP contribution < -0.4 is 5.32 Å². The zero-order valence-corrected chi connectivity index (χ0v) is 13.4. The lowest BCUT2D eigenvalue weighted by Crippen LogP contribution is -2.10. The van der Waals surface area contributed by atoms with Crippen LogP contribution in [-0.2, 0) is 4.79 Å². The van der Waals surface area contributed by atoms with E-state index < -0.39 is 11.6 Å². The van der Waals surface area contributed by atoms with E-state index in [0.29, 0.717) is 22.4 Å². The number of benzene rings is 3. The third kappa shape index (κ3) is 2.66. The van der Waals surface area contributed by atoms with E-state index in [-0.39, 0.29) is 0 Å². The van der Waals surface area contributed by atoms with Crippen molar-refractivity contribution in [3.05, 3.63) is 102 Å². The molecule has 1 aliphatic rings. The Kier molecular flexibility index (Phi) is 3.75. The smallest absolute Gasteiger partial charge is 0.236 e. The molecule has 3 heteroatoms. The van der Waals surface area contributed by atoms with Crippen LogP contribution >= 0.6 is 0 Å². The minimum Gasteiger partial charge on any atom is -0.354 e. The number of anilines is 1. The van der Waals surface area contributed by atoms with Crippen LogP contribution in [0.1, 0.15) is 21.5 Å². The standard InChI is InChI=1S/C22H15NO2/c24-21-18-14-8-7-13-17(18)19(22(21)25)20(15-9-3-1-4-10-15)23-16-11-5-2-6-12-16/h1-14,23H/b20-19-. The quantitative estimate of drug-likeness (QED) is 0.572. The number of allylic oxidation sites excluding steroid dienone is 1. The largest absolute Gasteiger partial charge is 0.354 e. The number of ketones is 2. The lowest BCUT2D eigenvalue weighted by molar-refractivity contribution is -0.109. The van der Waals surface area contributed by atoms with Gasteiger partial charge in [-0.15, -0.1) is 0 Å². The summed E-state index contributed by atoms with van der Waals surface area (Å²) in [6.07, 6.45) is 0. The third-order valence-corrected chi connectivity index (χ3v) is 4.23. The Bertz CT molecular complexity index is 989. The molecule has 0 amide bonds. The Morgan fingerprint density at radius 2 is 1.16 bits per heavy atom. The van der Waals surface area contributed by atoms with Crippen molar-refractivity contribution < 1.29 is 9.59 Å². The molecule has 0 bridgehead atoms. The number of carbonyl (C=O) groups excluding carboxylic acids is 2. The zero-order valence-electron chi connectivity index (χ0n) is 13.4. The van der Waals surface area contributed by atoms with Gasteiger partial charge in [-0.3, -0.25) is 9.59 Å². The van der Waals surface area contributed by atoms with Crippen LogP contribution in [0, 0.1) is 0 Å². The topological polar surface area (TPSA) is 46.2 Å². The van der Waals surface area contributed by atoms with E-state index >= 15 is 0 Å². The maximum atomic E-state index is 12.7. The second kappa shape index (κ2) is 6.21. The molecule has 120 valence electrons. The van der Waals surface area contributed by atoms with Crippen LogP contribution in [0.2, 0.25) is 0 Å². The van der Waals surface area contributed by atoms with E-state index in [9.17, 15) is 9.59 Å². The molecular formula is C22H15NO2. The van der Waals surface area contributed by atoms with Crippen molar-refractivity contribution >= 4 is 28.5 Å². The van der Waals surface area contributed by atoms with Gasteiger partial charge in [0.1, 0.15) is 0 Å². The SMILES string of the molecule is O=C1C(=O)c2ccccc2/C1=C(/Nc1ccccc1)c1ccccc1. The fraction of sp³-hybridized carbons (Fsp3) is 0. The van der Waals surface area contributed by atoms with Gasteiger partial charge < -0.3 is 5.32 Å². The number of hydrogen-bond acceptors (Lipinski definition) is 3. The Hall–Kier alpha value is -3.46. The molecule has 0 saturated heterocycles. The molecule has 0 heterocycles. The highest BCUT2D eigenvalue weighted by atomic mass is 16.2. The van der Waals surface area contributed by atoms with E-state index in [4.69, 9.17) is 0 Å². The van der Waals surface area contributed by atoms with Crippen molar-refractivity contribution in [1.82, 2.24) is 0 Å². The molecular weight excluding hydrogens is 310 g/mol. The highest BCUT2D eigenvalue weighted by Gasteiger charge is 2.35. The zero-order chi connectivity index (χ0) is 17.2. The van der Waals surface area contributed by atoms with Crippen LogP contribution in [0.4, 0.5) is 5.69 Å². The van der Waals surface area contributed by atoms with Gasteiger partial charge in [0.15, 0.2) is 0 Å². The summed E-state index contributed by atoms with van der Waals surface area (Å²) in [6, 6.07) is 26.4. The predicted octanol–water partition coefficient (Wildman–Crippen LogP) is 4.43. The number of hydrogen-bond donors (Lipinski definition) is 1. The van der Waals surface area contributed by atoms with E-state index in [0.717, 1.165) is 11.3 Å². The van der Waals surface area contributed by atoms with Gasteiger partial charge in [-0.25, -0.2) is 0 Å². The van der Waals surface area contributed by atoms with Crippen LogP contribution in [0.25, 0.3) is 11.3 Å². The minimum absolute atomic E-state index is 0.427. The first kappa shape index (κ1) is 15.1. The van der Waals surface area contributed by atoms with Gasteiger partial charge in [0, 0.05) is 11.3 Å². The maximum Gasteiger partial charge on any atom is 0.236 e. The normalized spacial score (nSPS) is 15.0. The van der Waals surface area contributed by atoms with Crippen molar-refractivity contribution in [2.24, 2.45) is 0 Å². The first-order valence-electron chi connectivity index (χ1n) is 8.06. The van der Waals surface area contributed by atoms with Crippen molar-refractivity contribution in [3.63, 3.8) is 0 Å². The Morgan fingerprint density at radius 1 is 0.600 bits per heavy atom. The third-order valence-electron chi connectivity index (χ3n) is 4.23. The Labute approximate surface area is 145 Å². The fourth-order valence-corrected chi connectivity index (χ4v) is 3.06. The highest BCUT2D eigenvalue weighted by Crippen LogP contribution is 2.36. The molecule has 1 N–H and O–H groups in total. The fourth-order valence-electron chi connectivity index (χ4n) is 3.06. The van der Waals surface area contributed by atoms with Gasteiger partial charge in [0.05, 0.1) is 11.3 Å². The van der Waals surface area contributed by atoms with E-state index in [1.807, 2.05) is 72.8 Å². The predicted molar refractivity (Wildman–Crippen MR) is 99.1 cm³/mol. The number of rotatable bonds is 3. The van der Waals surface area contributed by atoms with Crippen molar-refractivity contribution in [3.8, 4) is 0 Å². The summed E-state index contributed by atoms with van der Waals surface area (Å²) in [4.78, 5) is 25.1. The van der Waals surface area contributed by atoms with Crippen molar-refractivity contribution in [2.45, 2.75) is 0 Å². The van der Waals surface area contributed by atoms with Crippen molar-refractivity contribution in [1.29, 1.82) is 0 Å². The molecule has 0 spiro atoms. The first-order chi connectivity index (χ1) is 12.3. The lowest BCUT2D eigenvalue weighted by atomic mass is 10.00. The average molecular weight is 325 g/mol. The van der Waals surface area contributed by atoms with E-state index in [2.05, 4.69) is 5.32 Å². The summed E-state index contributed by atoms with van der Waals surface area (Å²) < 4.78 is 0. The lowest BCUT2D eigenvalue weighted by Gasteiger charge is -2.15. The van der Waals surface area contributed by atoms with E-state index in [1.165, 1.54) is 0 Å². The molecule has 0 aliphatic heterocycles. The van der Waals surface area contributed by atoms with Gasteiger partial charge in [0.2, 0.25) is 11.6 Å². The van der Waals surface area contributed by atoms with Crippen molar-refractivity contribution in [2.75, 3.05) is 5.32 Å². The minimum atomic E-state index is -0.469. The molecule has 0 atom stereocenters. The van der Waals surface area contributed by atoms with Crippen LogP contribution in [0.5, 0.6) is 0 Å². The molecule has 25 heavy (non-hydrogen) atoms. The number of nitrogens with one attached hydrogen (secondary N) is 1. The average Bonchev–Trinajstić information content (AvgIpc) is 2.93. The molecule has 0 radical (unpaired) electrons. The monoisotopic (exact) mass is 325 g/mol. The second-order valence-corrected chi connectivity index (χ2v) is 5.81. The molecule has 4 rings (SSSR count). The summed E-state index contributed by atoms with van der Waals surface area (Å²) in [7, 11) is 0. The molecule has 0 unspecified atom stereocenters. The molecule has 3 aromatic rings. The summed E-state index contributed by atoms with van der Waals surface area (Å²) in [5.74, 6) is -0.919. The summed E-state index contributed by atoms with van der Waals surface area (Å²) >= 11 is 0. The number of Topliss-reactive ketones (excluding diaryl/α,β-unsaturated/α-hetero) is 2. The molecule has 3 aromatic carbocycles. The van der Waals surface area contributed by atoms with Crippen LogP contribution in [0.3, 0.4) is 0 Å². The van der Waals surface area contributed by atoms with E-state index in [1.54, 1.807) is 12.1 Å². The summed E-state index contributed by atoms with van der Waals surface area (Å²) in [6.45, 7) is 0. The van der Waals surface area contributed by atoms with Gasteiger partial charge in [0.25, 0.3) is 0 Å². The first-order valence-corrected chi connectivity index (χ1v) is 8.06. The molecule has 0 aromatic heterocycles. The molecule has 3 nitrogen and oxygen atoms in total. The van der Waals surface area contributed by atoms with Gasteiger partial charge in [-0.1, -0.05) is 72.8 Å². The number of fused-ring (bicyclic) bond motifs is 1. The Morgan fingerprint density at radius 3 is 1.84 bits per heavy atom. The highest BCUT2D eigenvalue weighted by molar-refractivity contribution is 6.65.